The van der Waals surface area contributed by atoms with E-state index in [1.165, 1.54) is 103 Å². The Morgan fingerprint density at radius 2 is 1.15 bits per heavy atom. The maximum absolute atomic E-state index is 5.55. The van der Waals surface area contributed by atoms with Crippen LogP contribution in [-0.4, -0.2) is 0 Å². The Balaban J connectivity index is 1.56. The molecule has 0 saturated heterocycles. The molecular formula is C30H40S3. The zero-order valence-electron chi connectivity index (χ0n) is 20.5. The highest BCUT2D eigenvalue weighted by Gasteiger charge is 2.14. The van der Waals surface area contributed by atoms with Gasteiger partial charge in [0, 0.05) is 24.4 Å². The van der Waals surface area contributed by atoms with Gasteiger partial charge in [-0.3, -0.25) is 0 Å². The Bertz CT molecular complexity index is 965. The lowest BCUT2D eigenvalue weighted by Gasteiger charge is -2.16. The Morgan fingerprint density at radius 3 is 1.79 bits per heavy atom. The Hall–Kier alpha value is -1.34. The fourth-order valence-electron chi connectivity index (χ4n) is 4.48. The highest BCUT2D eigenvalue weighted by Crippen LogP contribution is 2.40. The van der Waals surface area contributed by atoms with E-state index in [0.717, 1.165) is 10.8 Å². The molecule has 0 saturated carbocycles. The van der Waals surface area contributed by atoms with Crippen molar-refractivity contribution >= 4 is 34.0 Å². The maximum atomic E-state index is 5.55. The highest BCUT2D eigenvalue weighted by molar-refractivity contribution is 7.26. The van der Waals surface area contributed by atoms with Crippen LogP contribution >= 0.6 is 34.0 Å². The SMILES string of the molecule is C#Cc1ccc(-c2ccc(-c3ccc(CC(CCCCCC)CCCCCCCC)s3)s2)s1. The van der Waals surface area contributed by atoms with E-state index in [1.807, 2.05) is 28.7 Å². The summed E-state index contributed by atoms with van der Waals surface area (Å²) >= 11 is 5.61. The molecule has 0 nitrogen and oxygen atoms in total. The average molecular weight is 497 g/mol. The second kappa shape index (κ2) is 14.8. The molecule has 178 valence electrons. The topological polar surface area (TPSA) is 0 Å². The summed E-state index contributed by atoms with van der Waals surface area (Å²) in [6.45, 7) is 4.61. The second-order valence-electron chi connectivity index (χ2n) is 9.21. The predicted molar refractivity (Wildman–Crippen MR) is 153 cm³/mol. The first-order valence-corrected chi connectivity index (χ1v) is 15.4. The van der Waals surface area contributed by atoms with Crippen molar-refractivity contribution < 1.29 is 0 Å². The van der Waals surface area contributed by atoms with Gasteiger partial charge in [-0.25, -0.2) is 0 Å². The minimum absolute atomic E-state index is 0.853. The molecule has 0 amide bonds. The summed E-state index contributed by atoms with van der Waals surface area (Å²) in [5.74, 6) is 3.60. The van der Waals surface area contributed by atoms with E-state index >= 15 is 0 Å². The Labute approximate surface area is 214 Å². The summed E-state index contributed by atoms with van der Waals surface area (Å²) < 4.78 is 0. The lowest BCUT2D eigenvalue weighted by molar-refractivity contribution is 0.404. The normalized spacial score (nSPS) is 12.2. The molecule has 0 N–H and O–H groups in total. The molecule has 0 fully saturated rings. The molecule has 0 aliphatic heterocycles. The molecule has 1 atom stereocenters. The van der Waals surface area contributed by atoms with Gasteiger partial charge >= 0.3 is 0 Å². The van der Waals surface area contributed by atoms with E-state index in [2.05, 4.69) is 50.1 Å². The first-order valence-electron chi connectivity index (χ1n) is 13.0. The van der Waals surface area contributed by atoms with Crippen LogP contribution < -0.4 is 0 Å². The molecule has 0 bridgehead atoms. The molecule has 0 aliphatic carbocycles. The van der Waals surface area contributed by atoms with Crippen molar-refractivity contribution in [1.82, 2.24) is 0 Å². The fraction of sp³-hybridized carbons (Fsp3) is 0.533. The molecule has 3 aromatic rings. The number of thiophene rings is 3. The fourth-order valence-corrected chi connectivity index (χ4v) is 7.60. The smallest absolute Gasteiger partial charge is 0.0772 e. The molecule has 3 rings (SSSR count). The van der Waals surface area contributed by atoms with Crippen molar-refractivity contribution in [2.24, 2.45) is 5.92 Å². The van der Waals surface area contributed by atoms with E-state index in [0.29, 0.717) is 0 Å². The van der Waals surface area contributed by atoms with Crippen molar-refractivity contribution in [3.05, 3.63) is 46.2 Å². The molecule has 0 aromatic carbocycles. The van der Waals surface area contributed by atoms with E-state index in [4.69, 9.17) is 6.42 Å². The minimum Gasteiger partial charge on any atom is -0.139 e. The van der Waals surface area contributed by atoms with Crippen LogP contribution in [0.1, 0.15) is 101 Å². The number of unbranched alkanes of at least 4 members (excludes halogenated alkanes) is 8. The van der Waals surface area contributed by atoms with Crippen molar-refractivity contribution in [2.75, 3.05) is 0 Å². The monoisotopic (exact) mass is 496 g/mol. The molecule has 1 unspecified atom stereocenters. The van der Waals surface area contributed by atoms with Gasteiger partial charge in [0.25, 0.3) is 0 Å². The van der Waals surface area contributed by atoms with E-state index in [9.17, 15) is 0 Å². The third-order valence-corrected chi connectivity index (χ3v) is 10.0. The van der Waals surface area contributed by atoms with Crippen LogP contribution in [0.15, 0.2) is 36.4 Å². The average Bonchev–Trinajstić information content (AvgIpc) is 3.58. The van der Waals surface area contributed by atoms with Gasteiger partial charge in [0.2, 0.25) is 0 Å². The lowest BCUT2D eigenvalue weighted by atomic mass is 9.91. The summed E-state index contributed by atoms with van der Waals surface area (Å²) in [7, 11) is 0. The lowest BCUT2D eigenvalue weighted by Crippen LogP contribution is -2.04. The number of hydrogen-bond acceptors (Lipinski definition) is 3. The Kier molecular flexibility index (Phi) is 11.8. The van der Waals surface area contributed by atoms with Crippen LogP contribution in [0.5, 0.6) is 0 Å². The summed E-state index contributed by atoms with van der Waals surface area (Å²) in [4.78, 5) is 7.97. The standard InChI is InChI=1S/C30H40S3/c1-4-7-9-11-12-14-16-24(15-13-10-8-5-2)23-26-18-20-28(32-26)30-22-21-29(33-30)27-19-17-25(6-3)31-27/h3,17-22,24H,4-5,7-16,23H2,1-2H3. The summed E-state index contributed by atoms with van der Waals surface area (Å²) in [5.41, 5.74) is 0. The van der Waals surface area contributed by atoms with Crippen LogP contribution in [0.4, 0.5) is 0 Å². The van der Waals surface area contributed by atoms with Crippen LogP contribution in [0.2, 0.25) is 0 Å². The van der Waals surface area contributed by atoms with Gasteiger partial charge in [0.15, 0.2) is 0 Å². The summed E-state index contributed by atoms with van der Waals surface area (Å²) in [6, 6.07) is 13.5. The van der Waals surface area contributed by atoms with Gasteiger partial charge in [0.05, 0.1) is 4.88 Å². The molecule has 0 aliphatic rings. The van der Waals surface area contributed by atoms with Crippen LogP contribution in [0, 0.1) is 18.3 Å². The molecule has 33 heavy (non-hydrogen) atoms. The van der Waals surface area contributed by atoms with Gasteiger partial charge in [0.1, 0.15) is 0 Å². The van der Waals surface area contributed by atoms with Crippen LogP contribution in [-0.2, 0) is 6.42 Å². The molecule has 3 heteroatoms. The van der Waals surface area contributed by atoms with Gasteiger partial charge in [-0.2, -0.15) is 0 Å². The quantitative estimate of drug-likeness (QED) is 0.137. The summed E-state index contributed by atoms with van der Waals surface area (Å²) in [5, 5.41) is 0. The van der Waals surface area contributed by atoms with Gasteiger partial charge in [-0.15, -0.1) is 40.4 Å². The van der Waals surface area contributed by atoms with Crippen LogP contribution in [0.25, 0.3) is 19.5 Å². The van der Waals surface area contributed by atoms with E-state index in [-0.39, 0.29) is 0 Å². The third-order valence-electron chi connectivity index (χ3n) is 6.42. The summed E-state index contributed by atoms with van der Waals surface area (Å²) in [6.07, 6.45) is 23.6. The highest BCUT2D eigenvalue weighted by atomic mass is 32.1. The minimum atomic E-state index is 0.853. The van der Waals surface area contributed by atoms with E-state index < -0.39 is 0 Å². The van der Waals surface area contributed by atoms with Crippen molar-refractivity contribution in [3.8, 4) is 31.9 Å². The van der Waals surface area contributed by atoms with Gasteiger partial charge in [-0.05, 0) is 48.7 Å². The van der Waals surface area contributed by atoms with Crippen molar-refractivity contribution in [1.29, 1.82) is 0 Å². The largest absolute Gasteiger partial charge is 0.139 e. The predicted octanol–water partition coefficient (Wildman–Crippen LogP) is 11.1. The molecule has 3 aromatic heterocycles. The number of rotatable bonds is 16. The number of hydrogen-bond donors (Lipinski definition) is 0. The van der Waals surface area contributed by atoms with Crippen molar-refractivity contribution in [3.63, 3.8) is 0 Å². The first-order chi connectivity index (χ1) is 16.2. The molecule has 0 spiro atoms. The van der Waals surface area contributed by atoms with Gasteiger partial charge < -0.3 is 0 Å². The number of terminal acetylenes is 1. The third kappa shape index (κ3) is 8.75. The first kappa shape index (κ1) is 26.3. The van der Waals surface area contributed by atoms with Crippen molar-refractivity contribution in [2.45, 2.75) is 97.3 Å². The Morgan fingerprint density at radius 1 is 0.636 bits per heavy atom. The zero-order valence-corrected chi connectivity index (χ0v) is 23.0. The maximum Gasteiger partial charge on any atom is 0.0772 e. The molecule has 3 heterocycles. The second-order valence-corrected chi connectivity index (χ2v) is 12.5. The molecular weight excluding hydrogens is 457 g/mol. The zero-order chi connectivity index (χ0) is 23.3. The van der Waals surface area contributed by atoms with E-state index in [1.54, 1.807) is 16.2 Å². The van der Waals surface area contributed by atoms with Gasteiger partial charge in [-0.1, -0.05) is 96.8 Å². The molecule has 0 radical (unpaired) electrons. The van der Waals surface area contributed by atoms with Crippen LogP contribution in [0.3, 0.4) is 0 Å².